The van der Waals surface area contributed by atoms with Gasteiger partial charge in [0.05, 0.1) is 5.60 Å². The summed E-state index contributed by atoms with van der Waals surface area (Å²) in [6, 6.07) is 0. The summed E-state index contributed by atoms with van der Waals surface area (Å²) in [5.74, 6) is 0.840. The zero-order valence-electron chi connectivity index (χ0n) is 13.5. The van der Waals surface area contributed by atoms with Gasteiger partial charge in [0.2, 0.25) is 0 Å². The molecule has 3 N–H and O–H groups in total. The van der Waals surface area contributed by atoms with E-state index in [4.69, 9.17) is 4.74 Å². The van der Waals surface area contributed by atoms with Crippen molar-refractivity contribution in [2.45, 2.75) is 51.7 Å². The van der Waals surface area contributed by atoms with E-state index in [2.05, 4.69) is 48.6 Å². The average Bonchev–Trinajstić information content (AvgIpc) is 2.74. The highest BCUT2D eigenvalue weighted by Crippen LogP contribution is 2.23. The van der Waals surface area contributed by atoms with Crippen LogP contribution in [0.2, 0.25) is 0 Å². The minimum atomic E-state index is -0.0404. The van der Waals surface area contributed by atoms with Gasteiger partial charge in [0.1, 0.15) is 0 Å². The number of ether oxygens (including phenoxy) is 1. The monoisotopic (exact) mass is 398 g/mol. The average molecular weight is 398 g/mol. The van der Waals surface area contributed by atoms with Gasteiger partial charge >= 0.3 is 0 Å². The lowest BCUT2D eigenvalue weighted by Crippen LogP contribution is -2.48. The maximum atomic E-state index is 5.75. The number of rotatable bonds is 5. The molecule has 0 aliphatic carbocycles. The van der Waals surface area contributed by atoms with Crippen molar-refractivity contribution in [1.29, 1.82) is 0 Å². The smallest absolute Gasteiger partial charge is 0.191 e. The van der Waals surface area contributed by atoms with Gasteiger partial charge in [0.15, 0.2) is 5.96 Å². The molecule has 1 aliphatic rings. The molecule has 0 bridgehead atoms. The number of guanidine groups is 1. The Morgan fingerprint density at radius 3 is 2.45 bits per heavy atom. The summed E-state index contributed by atoms with van der Waals surface area (Å²) in [5, 5.41) is 10.1. The molecule has 1 saturated heterocycles. The Bertz CT molecular complexity index is 296. The second kappa shape index (κ2) is 9.04. The summed E-state index contributed by atoms with van der Waals surface area (Å²) in [6.45, 7) is 12.1. The Morgan fingerprint density at radius 1 is 1.25 bits per heavy atom. The zero-order chi connectivity index (χ0) is 14.4. The molecule has 0 saturated carbocycles. The van der Waals surface area contributed by atoms with Crippen LogP contribution in [0.15, 0.2) is 4.99 Å². The second-order valence-corrected chi connectivity index (χ2v) is 6.43. The zero-order valence-corrected chi connectivity index (χ0v) is 15.8. The molecule has 1 unspecified atom stereocenters. The largest absolute Gasteiger partial charge is 0.373 e. The molecule has 0 aromatic rings. The van der Waals surface area contributed by atoms with Crippen LogP contribution in [-0.2, 0) is 4.74 Å². The molecule has 6 heteroatoms. The van der Waals surface area contributed by atoms with Gasteiger partial charge in [-0.15, -0.1) is 24.0 Å². The normalized spacial score (nSPS) is 23.4. The van der Waals surface area contributed by atoms with E-state index in [0.29, 0.717) is 0 Å². The minimum absolute atomic E-state index is 0. The SMILES string of the molecule is CN=C(NCCNC(C)(C)C)NCC1(C)CCCO1.I. The van der Waals surface area contributed by atoms with Crippen molar-refractivity contribution in [3.63, 3.8) is 0 Å². The van der Waals surface area contributed by atoms with Crippen molar-refractivity contribution in [3.8, 4) is 0 Å². The van der Waals surface area contributed by atoms with Crippen LogP contribution in [0.4, 0.5) is 0 Å². The number of nitrogens with one attached hydrogen (secondary N) is 3. The maximum absolute atomic E-state index is 5.75. The van der Waals surface area contributed by atoms with Crippen molar-refractivity contribution >= 4 is 29.9 Å². The Balaban J connectivity index is 0.00000361. The molecule has 0 aromatic carbocycles. The van der Waals surface area contributed by atoms with Crippen LogP contribution in [0.25, 0.3) is 0 Å². The van der Waals surface area contributed by atoms with Crippen molar-refractivity contribution in [2.75, 3.05) is 33.3 Å². The van der Waals surface area contributed by atoms with E-state index in [-0.39, 0.29) is 35.1 Å². The van der Waals surface area contributed by atoms with Crippen LogP contribution in [-0.4, -0.2) is 50.4 Å². The molecule has 5 nitrogen and oxygen atoms in total. The summed E-state index contributed by atoms with van der Waals surface area (Å²) in [4.78, 5) is 4.23. The van der Waals surface area contributed by atoms with Crippen LogP contribution in [0.5, 0.6) is 0 Å². The predicted octanol–water partition coefficient (Wildman–Crippen LogP) is 1.73. The predicted molar refractivity (Wildman–Crippen MR) is 96.1 cm³/mol. The summed E-state index contributed by atoms with van der Waals surface area (Å²) >= 11 is 0. The van der Waals surface area contributed by atoms with Gasteiger partial charge in [-0.25, -0.2) is 0 Å². The van der Waals surface area contributed by atoms with Gasteiger partial charge in [-0.2, -0.15) is 0 Å². The highest BCUT2D eigenvalue weighted by atomic mass is 127. The molecule has 20 heavy (non-hydrogen) atoms. The summed E-state index contributed by atoms with van der Waals surface area (Å²) in [7, 11) is 1.80. The highest BCUT2D eigenvalue weighted by Gasteiger charge is 2.29. The van der Waals surface area contributed by atoms with Gasteiger partial charge in [0, 0.05) is 38.8 Å². The fraction of sp³-hybridized carbons (Fsp3) is 0.929. The number of hydrogen-bond acceptors (Lipinski definition) is 3. The number of hydrogen-bond donors (Lipinski definition) is 3. The summed E-state index contributed by atoms with van der Waals surface area (Å²) in [5.41, 5.74) is 0.116. The summed E-state index contributed by atoms with van der Waals surface area (Å²) in [6.07, 6.45) is 2.27. The standard InChI is InChI=1S/C14H30N4O.HI/c1-13(2,3)18-9-8-16-12(15-5)17-11-14(4)7-6-10-19-14;/h18H,6-11H2,1-5H3,(H2,15,16,17);1H. The third-order valence-corrected chi connectivity index (χ3v) is 3.23. The molecule has 0 radical (unpaired) electrons. The lowest BCUT2D eigenvalue weighted by atomic mass is 10.0. The van der Waals surface area contributed by atoms with E-state index < -0.39 is 0 Å². The molecule has 1 rings (SSSR count). The van der Waals surface area contributed by atoms with Crippen LogP contribution in [0.1, 0.15) is 40.5 Å². The molecule has 1 aliphatic heterocycles. The van der Waals surface area contributed by atoms with E-state index in [1.54, 1.807) is 7.05 Å². The molecule has 0 aromatic heterocycles. The Kier molecular flexibility index (Phi) is 9.01. The number of nitrogens with zero attached hydrogens (tertiary/aromatic N) is 1. The van der Waals surface area contributed by atoms with E-state index in [9.17, 15) is 0 Å². The highest BCUT2D eigenvalue weighted by molar-refractivity contribution is 14.0. The molecule has 1 atom stereocenters. The van der Waals surface area contributed by atoms with Crippen LogP contribution >= 0.6 is 24.0 Å². The summed E-state index contributed by atoms with van der Waals surface area (Å²) < 4.78 is 5.75. The molecule has 1 fully saturated rings. The topological polar surface area (TPSA) is 57.7 Å². The lowest BCUT2D eigenvalue weighted by Gasteiger charge is -2.25. The molecule has 0 spiro atoms. The minimum Gasteiger partial charge on any atom is -0.373 e. The van der Waals surface area contributed by atoms with Gasteiger partial charge in [-0.05, 0) is 40.5 Å². The maximum Gasteiger partial charge on any atom is 0.191 e. The fourth-order valence-electron chi connectivity index (χ4n) is 2.09. The number of halogens is 1. The molecule has 0 amide bonds. The third-order valence-electron chi connectivity index (χ3n) is 3.23. The van der Waals surface area contributed by atoms with Gasteiger partial charge in [0.25, 0.3) is 0 Å². The van der Waals surface area contributed by atoms with E-state index in [1.807, 2.05) is 0 Å². The van der Waals surface area contributed by atoms with E-state index in [1.165, 1.54) is 0 Å². The Morgan fingerprint density at radius 2 is 1.95 bits per heavy atom. The molecule has 1 heterocycles. The van der Waals surface area contributed by atoms with E-state index >= 15 is 0 Å². The second-order valence-electron chi connectivity index (χ2n) is 6.43. The van der Waals surface area contributed by atoms with E-state index in [0.717, 1.165) is 45.0 Å². The lowest BCUT2D eigenvalue weighted by molar-refractivity contribution is 0.0243. The first kappa shape index (κ1) is 19.9. The van der Waals surface area contributed by atoms with Crippen molar-refractivity contribution in [1.82, 2.24) is 16.0 Å². The Hall–Kier alpha value is -0.0800. The Labute approximate surface area is 140 Å². The third kappa shape index (κ3) is 8.26. The number of aliphatic imine (C=N–C) groups is 1. The van der Waals surface area contributed by atoms with Crippen molar-refractivity contribution in [3.05, 3.63) is 0 Å². The van der Waals surface area contributed by atoms with Gasteiger partial charge in [-0.3, -0.25) is 4.99 Å². The fourth-order valence-corrected chi connectivity index (χ4v) is 2.09. The molecular formula is C14H31IN4O. The van der Waals surface area contributed by atoms with Crippen molar-refractivity contribution < 1.29 is 4.74 Å². The molecule has 120 valence electrons. The first-order chi connectivity index (χ1) is 8.85. The van der Waals surface area contributed by atoms with Crippen molar-refractivity contribution in [2.24, 2.45) is 4.99 Å². The quantitative estimate of drug-likeness (QED) is 0.286. The molecular weight excluding hydrogens is 367 g/mol. The first-order valence-electron chi connectivity index (χ1n) is 7.18. The van der Waals surface area contributed by atoms with Crippen LogP contribution in [0, 0.1) is 0 Å². The van der Waals surface area contributed by atoms with Crippen LogP contribution in [0.3, 0.4) is 0 Å². The van der Waals surface area contributed by atoms with Gasteiger partial charge in [-0.1, -0.05) is 0 Å². The van der Waals surface area contributed by atoms with Gasteiger partial charge < -0.3 is 20.7 Å². The van der Waals surface area contributed by atoms with Crippen LogP contribution < -0.4 is 16.0 Å². The first-order valence-corrected chi connectivity index (χ1v) is 7.18.